The van der Waals surface area contributed by atoms with Gasteiger partial charge in [-0.1, -0.05) is 50.2 Å². The van der Waals surface area contributed by atoms with Crippen LogP contribution >= 0.6 is 0 Å². The second-order valence-corrected chi connectivity index (χ2v) is 7.81. The summed E-state index contributed by atoms with van der Waals surface area (Å²) in [7, 11) is 0. The first kappa shape index (κ1) is 20.7. The number of carbonyl (C=O) groups is 1. The highest BCUT2D eigenvalue weighted by atomic mass is 19.2. The Labute approximate surface area is 179 Å². The zero-order chi connectivity index (χ0) is 22.0. The number of benzene rings is 2. The molecule has 4 rings (SSSR count). The molecule has 6 heteroatoms. The van der Waals surface area contributed by atoms with E-state index in [2.05, 4.69) is 40.8 Å². The molecule has 2 aromatic carbocycles. The Morgan fingerprint density at radius 2 is 1.81 bits per heavy atom. The van der Waals surface area contributed by atoms with Gasteiger partial charge >= 0.3 is 0 Å². The monoisotopic (exact) mass is 419 g/mol. The molecule has 4 aromatic rings. The van der Waals surface area contributed by atoms with Crippen molar-refractivity contribution in [1.29, 1.82) is 0 Å². The van der Waals surface area contributed by atoms with Crippen molar-refractivity contribution in [3.63, 3.8) is 0 Å². The van der Waals surface area contributed by atoms with Crippen LogP contribution < -0.4 is 5.32 Å². The summed E-state index contributed by atoms with van der Waals surface area (Å²) >= 11 is 0. The second-order valence-electron chi connectivity index (χ2n) is 7.81. The Morgan fingerprint density at radius 1 is 1.03 bits per heavy atom. The van der Waals surface area contributed by atoms with Crippen molar-refractivity contribution in [3.05, 3.63) is 101 Å². The van der Waals surface area contributed by atoms with E-state index in [9.17, 15) is 13.6 Å². The summed E-state index contributed by atoms with van der Waals surface area (Å²) in [5.74, 6) is -2.01. The third-order valence-corrected chi connectivity index (χ3v) is 5.30. The summed E-state index contributed by atoms with van der Waals surface area (Å²) in [6.45, 7) is 4.82. The number of hydrogen-bond donors (Lipinski definition) is 1. The molecular formula is C25H23F2N3O. The average molecular weight is 419 g/mol. The van der Waals surface area contributed by atoms with Gasteiger partial charge in [0.05, 0.1) is 17.3 Å². The molecule has 0 atom stereocenters. The number of pyridine rings is 1. The van der Waals surface area contributed by atoms with E-state index in [1.54, 1.807) is 12.4 Å². The Kier molecular flexibility index (Phi) is 5.80. The number of rotatable bonds is 6. The number of hydrogen-bond acceptors (Lipinski definition) is 2. The Hall–Kier alpha value is -3.54. The van der Waals surface area contributed by atoms with Crippen LogP contribution in [-0.2, 0) is 13.1 Å². The van der Waals surface area contributed by atoms with E-state index in [1.165, 1.54) is 6.07 Å². The highest BCUT2D eigenvalue weighted by molar-refractivity contribution is 6.08. The van der Waals surface area contributed by atoms with Gasteiger partial charge in [-0.2, -0.15) is 0 Å². The number of nitrogens with one attached hydrogen (secondary N) is 1. The molecule has 0 aliphatic rings. The fourth-order valence-corrected chi connectivity index (χ4v) is 3.91. The molecule has 1 amide bonds. The summed E-state index contributed by atoms with van der Waals surface area (Å²) < 4.78 is 28.8. The van der Waals surface area contributed by atoms with Gasteiger partial charge in [-0.15, -0.1) is 0 Å². The van der Waals surface area contributed by atoms with E-state index < -0.39 is 11.6 Å². The molecule has 0 saturated heterocycles. The van der Waals surface area contributed by atoms with Crippen molar-refractivity contribution >= 4 is 16.8 Å². The van der Waals surface area contributed by atoms with Gasteiger partial charge in [-0.25, -0.2) is 8.78 Å². The van der Waals surface area contributed by atoms with Gasteiger partial charge in [0.2, 0.25) is 0 Å². The maximum Gasteiger partial charge on any atom is 0.254 e. The lowest BCUT2D eigenvalue weighted by molar-refractivity contribution is 0.0951. The summed E-state index contributed by atoms with van der Waals surface area (Å²) in [5.41, 5.74) is 4.00. The van der Waals surface area contributed by atoms with E-state index in [4.69, 9.17) is 0 Å². The Bertz CT molecular complexity index is 1230. The fourth-order valence-electron chi connectivity index (χ4n) is 3.91. The first-order chi connectivity index (χ1) is 15.0. The van der Waals surface area contributed by atoms with Crippen molar-refractivity contribution in [2.75, 3.05) is 0 Å². The molecule has 158 valence electrons. The molecule has 31 heavy (non-hydrogen) atoms. The summed E-state index contributed by atoms with van der Waals surface area (Å²) in [5, 5.41) is 3.68. The van der Waals surface area contributed by atoms with Gasteiger partial charge in [0.25, 0.3) is 5.91 Å². The lowest BCUT2D eigenvalue weighted by Crippen LogP contribution is -2.24. The van der Waals surface area contributed by atoms with Crippen LogP contribution in [-0.4, -0.2) is 15.5 Å². The zero-order valence-electron chi connectivity index (χ0n) is 17.4. The number of amides is 1. The minimum atomic E-state index is -0.930. The summed E-state index contributed by atoms with van der Waals surface area (Å²) in [4.78, 5) is 17.5. The first-order valence-electron chi connectivity index (χ1n) is 10.2. The van der Waals surface area contributed by atoms with Crippen LogP contribution in [0, 0.1) is 11.6 Å². The molecule has 0 bridgehead atoms. The second kappa shape index (κ2) is 8.68. The van der Waals surface area contributed by atoms with E-state index >= 15 is 0 Å². The van der Waals surface area contributed by atoms with Crippen molar-refractivity contribution in [2.45, 2.75) is 32.9 Å². The third-order valence-electron chi connectivity index (χ3n) is 5.30. The standard InChI is InChI=1S/C25H23F2N3O/c1-16(2)24-23(25(31)29-13-18-8-9-20(26)21(27)12-18)19-10-11-28-14-22(19)30(24)15-17-6-4-3-5-7-17/h3-12,14,16H,13,15H2,1-2H3,(H,29,31). The van der Waals surface area contributed by atoms with Gasteiger partial charge in [-0.3, -0.25) is 9.78 Å². The lowest BCUT2D eigenvalue weighted by Gasteiger charge is -2.15. The topological polar surface area (TPSA) is 46.9 Å². The molecule has 4 nitrogen and oxygen atoms in total. The van der Waals surface area contributed by atoms with Crippen LogP contribution in [0.1, 0.15) is 46.9 Å². The molecule has 0 unspecified atom stereocenters. The van der Waals surface area contributed by atoms with Crippen LogP contribution in [0.5, 0.6) is 0 Å². The minimum Gasteiger partial charge on any atom is -0.348 e. The van der Waals surface area contributed by atoms with Crippen molar-refractivity contribution in [2.24, 2.45) is 0 Å². The van der Waals surface area contributed by atoms with E-state index in [1.807, 2.05) is 24.3 Å². The number of aromatic nitrogens is 2. The average Bonchev–Trinajstić information content (AvgIpc) is 3.10. The van der Waals surface area contributed by atoms with E-state index in [0.29, 0.717) is 17.7 Å². The predicted molar refractivity (Wildman–Crippen MR) is 117 cm³/mol. The van der Waals surface area contributed by atoms with Crippen LogP contribution in [0.3, 0.4) is 0 Å². The normalized spacial score (nSPS) is 11.3. The lowest BCUT2D eigenvalue weighted by atomic mass is 10.0. The molecule has 0 fully saturated rings. The van der Waals surface area contributed by atoms with Crippen molar-refractivity contribution in [1.82, 2.24) is 14.9 Å². The molecule has 2 heterocycles. The quantitative estimate of drug-likeness (QED) is 0.454. The molecule has 1 N–H and O–H groups in total. The zero-order valence-corrected chi connectivity index (χ0v) is 17.4. The fraction of sp³-hybridized carbons (Fsp3) is 0.200. The molecule has 2 aromatic heterocycles. The predicted octanol–water partition coefficient (Wildman–Crippen LogP) is 5.42. The van der Waals surface area contributed by atoms with Gasteiger partial charge in [0.15, 0.2) is 11.6 Å². The largest absolute Gasteiger partial charge is 0.348 e. The SMILES string of the molecule is CC(C)c1c(C(=O)NCc2ccc(F)c(F)c2)c2ccncc2n1Cc1ccccc1. The van der Waals surface area contributed by atoms with Crippen LogP contribution in [0.4, 0.5) is 8.78 Å². The number of fused-ring (bicyclic) bond motifs is 1. The maximum atomic E-state index is 13.5. The van der Waals surface area contributed by atoms with Crippen LogP contribution in [0.2, 0.25) is 0 Å². The highest BCUT2D eigenvalue weighted by Gasteiger charge is 2.24. The minimum absolute atomic E-state index is 0.0835. The van der Waals surface area contributed by atoms with E-state index in [-0.39, 0.29) is 18.4 Å². The molecule has 0 saturated carbocycles. The first-order valence-corrected chi connectivity index (χ1v) is 10.2. The Balaban J connectivity index is 1.73. The maximum absolute atomic E-state index is 13.5. The van der Waals surface area contributed by atoms with E-state index in [0.717, 1.165) is 34.3 Å². The third kappa shape index (κ3) is 4.19. The van der Waals surface area contributed by atoms with Crippen LogP contribution in [0.15, 0.2) is 67.0 Å². The molecule has 0 spiro atoms. The van der Waals surface area contributed by atoms with Gasteiger partial charge in [-0.05, 0) is 35.2 Å². The molecule has 0 aliphatic carbocycles. The number of carbonyl (C=O) groups excluding carboxylic acids is 1. The molecule has 0 aliphatic heterocycles. The van der Waals surface area contributed by atoms with Crippen molar-refractivity contribution < 1.29 is 13.6 Å². The van der Waals surface area contributed by atoms with Gasteiger partial charge < -0.3 is 9.88 Å². The summed E-state index contributed by atoms with van der Waals surface area (Å²) in [6.07, 6.45) is 3.45. The van der Waals surface area contributed by atoms with Gasteiger partial charge in [0.1, 0.15) is 0 Å². The van der Waals surface area contributed by atoms with Crippen molar-refractivity contribution in [3.8, 4) is 0 Å². The van der Waals surface area contributed by atoms with Crippen LogP contribution in [0.25, 0.3) is 10.9 Å². The summed E-state index contributed by atoms with van der Waals surface area (Å²) in [6, 6.07) is 15.5. The number of halogens is 2. The Morgan fingerprint density at radius 3 is 2.52 bits per heavy atom. The molecular weight excluding hydrogens is 396 g/mol. The highest BCUT2D eigenvalue weighted by Crippen LogP contribution is 2.31. The molecule has 0 radical (unpaired) electrons. The smallest absolute Gasteiger partial charge is 0.254 e. The number of nitrogens with zero attached hydrogens (tertiary/aromatic N) is 2. The van der Waals surface area contributed by atoms with Gasteiger partial charge in [0, 0.05) is 30.4 Å².